The number of thioether (sulfide) groups is 1. The van der Waals surface area contributed by atoms with Gasteiger partial charge in [-0.2, -0.15) is 15.6 Å². The maximum absolute atomic E-state index is 15.9. The van der Waals surface area contributed by atoms with Gasteiger partial charge in [-0.15, -0.1) is 11.8 Å². The van der Waals surface area contributed by atoms with Crippen LogP contribution in [0.25, 0.3) is 6.08 Å². The number of carbonyl (C=O) groups is 2. The van der Waals surface area contributed by atoms with Crippen molar-refractivity contribution in [3.8, 4) is 12.1 Å². The summed E-state index contributed by atoms with van der Waals surface area (Å²) in [4.78, 5) is 30.4. The van der Waals surface area contributed by atoms with E-state index in [0.29, 0.717) is 11.6 Å². The number of halogens is 3. The van der Waals surface area contributed by atoms with Crippen molar-refractivity contribution in [2.45, 2.75) is 42.5 Å². The van der Waals surface area contributed by atoms with Gasteiger partial charge in [-0.25, -0.2) is 27.6 Å². The lowest BCUT2D eigenvalue weighted by Gasteiger charge is -2.40. The molecule has 12 nitrogen and oxygen atoms in total. The fraction of sp³-hybridized carbons (Fsp3) is 0.282. The molecule has 1 saturated heterocycles. The third kappa shape index (κ3) is 10.5. The summed E-state index contributed by atoms with van der Waals surface area (Å²) in [6.45, 7) is 1.39. The second kappa shape index (κ2) is 19.0. The standard InChI is InChI=1S/C39H35F3N6O6S/c1-25(55-31-20-52-37(53-21-31)6-4-3-5-28-9-7-27(17-44)14-34(28)41)39(22-48-24-46-23-47-48,33-12-11-30(40)15-35(33)42)54-38(50)32-13-26(16-43)8-10-29(32)19-51-36(49)18-45-2/h3-15,23-25,31,37,45H,18-22H2,1-2H3/b5-3+,6-4+/t25-,31?,37?,39-/m1/s1. The Morgan fingerprint density at radius 3 is 2.47 bits per heavy atom. The Labute approximate surface area is 319 Å². The molecule has 0 unspecified atom stereocenters. The number of nitrogens with one attached hydrogen (secondary N) is 1. The Hall–Kier alpha value is -5.78. The fourth-order valence-electron chi connectivity index (χ4n) is 5.66. The highest BCUT2D eigenvalue weighted by molar-refractivity contribution is 8.00. The molecule has 1 aliphatic rings. The van der Waals surface area contributed by atoms with Crippen LogP contribution in [0, 0.1) is 40.1 Å². The molecule has 0 radical (unpaired) electrons. The zero-order valence-electron chi connectivity index (χ0n) is 29.7. The molecule has 1 aromatic heterocycles. The lowest BCUT2D eigenvalue weighted by molar-refractivity contribution is -0.146. The van der Waals surface area contributed by atoms with E-state index in [-0.39, 0.29) is 66.0 Å². The normalized spacial score (nSPS) is 17.3. The Morgan fingerprint density at radius 2 is 1.80 bits per heavy atom. The molecular weight excluding hydrogens is 738 g/mol. The molecular formula is C39H35F3N6O6S. The summed E-state index contributed by atoms with van der Waals surface area (Å²) >= 11 is 1.28. The predicted molar refractivity (Wildman–Crippen MR) is 194 cm³/mol. The highest BCUT2D eigenvalue weighted by Crippen LogP contribution is 2.42. The molecule has 0 spiro atoms. The van der Waals surface area contributed by atoms with Gasteiger partial charge in [0.1, 0.15) is 36.7 Å². The van der Waals surface area contributed by atoms with Gasteiger partial charge in [0.2, 0.25) is 0 Å². The van der Waals surface area contributed by atoms with Gasteiger partial charge in [0.05, 0.1) is 60.4 Å². The Balaban J connectivity index is 1.40. The average molecular weight is 773 g/mol. The Kier molecular flexibility index (Phi) is 14.0. The summed E-state index contributed by atoms with van der Waals surface area (Å²) in [5.74, 6) is -3.92. The van der Waals surface area contributed by atoms with E-state index < -0.39 is 46.5 Å². The van der Waals surface area contributed by atoms with Crippen molar-refractivity contribution in [2.24, 2.45) is 0 Å². The largest absolute Gasteiger partial charge is 0.460 e. The van der Waals surface area contributed by atoms with Crippen LogP contribution in [0.3, 0.4) is 0 Å². The van der Waals surface area contributed by atoms with Gasteiger partial charge < -0.3 is 24.3 Å². The van der Waals surface area contributed by atoms with E-state index in [1.54, 1.807) is 32.2 Å². The fourth-order valence-corrected chi connectivity index (χ4v) is 7.02. The summed E-state index contributed by atoms with van der Waals surface area (Å²) in [5, 5.41) is 24.3. The maximum Gasteiger partial charge on any atom is 0.339 e. The van der Waals surface area contributed by atoms with Crippen molar-refractivity contribution in [1.82, 2.24) is 20.1 Å². The number of aromatic nitrogens is 3. The number of benzene rings is 3. The SMILES string of the molecule is CNCC(=O)OCc1ccc(C#N)cc1C(=O)O[C@@](Cn1cncn1)(c1ccc(F)cc1F)[C@@H](C)SC1COC(/C=C/C=C/c2ccc(C#N)cc2F)OC1. The van der Waals surface area contributed by atoms with Gasteiger partial charge in [0.25, 0.3) is 0 Å². The molecule has 5 rings (SSSR count). The van der Waals surface area contributed by atoms with E-state index >= 15 is 4.39 Å². The molecule has 284 valence electrons. The Bertz CT molecular complexity index is 2130. The zero-order chi connectivity index (χ0) is 39.4. The number of hydrogen-bond donors (Lipinski definition) is 1. The van der Waals surface area contributed by atoms with Crippen LogP contribution in [0.5, 0.6) is 0 Å². The molecule has 2 atom stereocenters. The van der Waals surface area contributed by atoms with Gasteiger partial charge in [0, 0.05) is 28.0 Å². The van der Waals surface area contributed by atoms with Crippen molar-refractivity contribution >= 4 is 29.8 Å². The summed E-state index contributed by atoms with van der Waals surface area (Å²) in [6.07, 6.45) is 8.30. The minimum atomic E-state index is -1.88. The first kappa shape index (κ1) is 40.4. The smallest absolute Gasteiger partial charge is 0.339 e. The second-order valence-electron chi connectivity index (χ2n) is 12.2. The highest BCUT2D eigenvalue weighted by atomic mass is 32.2. The van der Waals surface area contributed by atoms with Crippen molar-refractivity contribution in [2.75, 3.05) is 26.8 Å². The maximum atomic E-state index is 15.9. The van der Waals surface area contributed by atoms with Crippen LogP contribution >= 0.6 is 11.8 Å². The van der Waals surface area contributed by atoms with Gasteiger partial charge in [-0.1, -0.05) is 30.4 Å². The number of hydrogen-bond acceptors (Lipinski definition) is 12. The van der Waals surface area contributed by atoms with E-state index in [0.717, 1.165) is 12.1 Å². The topological polar surface area (TPSA) is 161 Å². The van der Waals surface area contributed by atoms with Crippen molar-refractivity contribution in [3.63, 3.8) is 0 Å². The van der Waals surface area contributed by atoms with Crippen molar-refractivity contribution < 1.29 is 41.7 Å². The highest BCUT2D eigenvalue weighted by Gasteiger charge is 2.47. The number of allylic oxidation sites excluding steroid dienone is 2. The number of nitriles is 2. The van der Waals surface area contributed by atoms with Crippen LogP contribution < -0.4 is 5.32 Å². The van der Waals surface area contributed by atoms with Crippen molar-refractivity contribution in [3.05, 3.63) is 136 Å². The summed E-state index contributed by atoms with van der Waals surface area (Å²) < 4.78 is 69.2. The van der Waals surface area contributed by atoms with E-state index in [4.69, 9.17) is 24.2 Å². The summed E-state index contributed by atoms with van der Waals surface area (Å²) in [7, 11) is 1.57. The van der Waals surface area contributed by atoms with E-state index in [1.165, 1.54) is 71.6 Å². The zero-order valence-corrected chi connectivity index (χ0v) is 30.5. The van der Waals surface area contributed by atoms with Crippen LogP contribution in [0.4, 0.5) is 13.2 Å². The van der Waals surface area contributed by atoms with Crippen LogP contribution in [0.2, 0.25) is 0 Å². The number of nitrogens with zero attached hydrogens (tertiary/aromatic N) is 5. The molecule has 0 aliphatic carbocycles. The lowest BCUT2D eigenvalue weighted by Crippen LogP contribution is -2.47. The molecule has 3 aromatic carbocycles. The first-order valence-corrected chi connectivity index (χ1v) is 17.8. The molecule has 4 aromatic rings. The van der Waals surface area contributed by atoms with Gasteiger partial charge in [-0.05, 0) is 56.4 Å². The van der Waals surface area contributed by atoms with Gasteiger partial charge in [-0.3, -0.25) is 4.79 Å². The monoisotopic (exact) mass is 772 g/mol. The van der Waals surface area contributed by atoms with Gasteiger partial charge in [0.15, 0.2) is 11.9 Å². The number of esters is 2. The summed E-state index contributed by atoms with van der Waals surface area (Å²) in [6, 6.07) is 15.2. The third-order valence-electron chi connectivity index (χ3n) is 8.42. The first-order chi connectivity index (χ1) is 26.5. The number of likely N-dealkylation sites (N-methyl/N-ethyl adjacent to an activating group) is 1. The molecule has 1 N–H and O–H groups in total. The molecule has 0 bridgehead atoms. The minimum Gasteiger partial charge on any atom is -0.460 e. The molecule has 2 heterocycles. The molecule has 0 saturated carbocycles. The van der Waals surface area contributed by atoms with Crippen LogP contribution in [-0.2, 0) is 42.5 Å². The van der Waals surface area contributed by atoms with Crippen LogP contribution in [0.1, 0.15) is 45.1 Å². The number of ether oxygens (including phenoxy) is 4. The van der Waals surface area contributed by atoms with Crippen molar-refractivity contribution in [1.29, 1.82) is 10.5 Å². The molecule has 0 amide bonds. The molecule has 1 aliphatic heterocycles. The molecule has 16 heteroatoms. The predicted octanol–water partition coefficient (Wildman–Crippen LogP) is 5.59. The lowest BCUT2D eigenvalue weighted by atomic mass is 9.89. The van der Waals surface area contributed by atoms with Gasteiger partial charge >= 0.3 is 11.9 Å². The first-order valence-electron chi connectivity index (χ1n) is 16.8. The number of rotatable bonds is 15. The third-order valence-corrected chi connectivity index (χ3v) is 9.87. The molecule has 1 fully saturated rings. The Morgan fingerprint density at radius 1 is 1.05 bits per heavy atom. The van der Waals surface area contributed by atoms with E-state index in [9.17, 15) is 23.6 Å². The summed E-state index contributed by atoms with van der Waals surface area (Å²) in [5.41, 5.74) is -1.27. The quantitative estimate of drug-likeness (QED) is 0.118. The average Bonchev–Trinajstić information content (AvgIpc) is 3.69. The van der Waals surface area contributed by atoms with Crippen LogP contribution in [-0.4, -0.2) is 70.3 Å². The van der Waals surface area contributed by atoms with E-state index in [2.05, 4.69) is 15.4 Å². The number of carbonyl (C=O) groups excluding carboxylic acids is 2. The minimum absolute atomic E-state index is 0.0839. The van der Waals surface area contributed by atoms with E-state index in [1.807, 2.05) is 12.1 Å². The van der Waals surface area contributed by atoms with Crippen LogP contribution in [0.15, 0.2) is 85.5 Å². The molecule has 55 heavy (non-hydrogen) atoms. The second-order valence-corrected chi connectivity index (χ2v) is 13.8.